The molecule has 0 bridgehead atoms. The summed E-state index contributed by atoms with van der Waals surface area (Å²) >= 11 is 12.3. The van der Waals surface area contributed by atoms with E-state index in [-0.39, 0.29) is 12.3 Å². The van der Waals surface area contributed by atoms with Gasteiger partial charge < -0.3 is 14.5 Å². The Labute approximate surface area is 157 Å². The van der Waals surface area contributed by atoms with E-state index in [2.05, 4.69) is 4.90 Å². The first-order valence-electron chi connectivity index (χ1n) is 8.19. The maximum atomic E-state index is 12.6. The van der Waals surface area contributed by atoms with E-state index in [0.717, 1.165) is 24.5 Å². The third kappa shape index (κ3) is 4.02. The van der Waals surface area contributed by atoms with Crippen LogP contribution in [0.5, 0.6) is 5.75 Å². The molecule has 3 rings (SSSR count). The highest BCUT2D eigenvalue weighted by molar-refractivity contribution is 6.36. The third-order valence-electron chi connectivity index (χ3n) is 4.45. The van der Waals surface area contributed by atoms with Crippen molar-refractivity contribution >= 4 is 34.8 Å². The number of hydrogen-bond acceptors (Lipinski definition) is 3. The highest BCUT2D eigenvalue weighted by Gasteiger charge is 2.23. The number of piperazine rings is 1. The molecule has 2 aromatic rings. The first-order chi connectivity index (χ1) is 12.1. The molecule has 0 saturated carbocycles. The van der Waals surface area contributed by atoms with Crippen LogP contribution in [0.3, 0.4) is 0 Å². The summed E-state index contributed by atoms with van der Waals surface area (Å²) in [5.41, 5.74) is 1.76. The van der Waals surface area contributed by atoms with Crippen LogP contribution in [0.1, 0.15) is 5.56 Å². The van der Waals surface area contributed by atoms with E-state index in [0.29, 0.717) is 28.7 Å². The fraction of sp³-hybridized carbons (Fsp3) is 0.316. The van der Waals surface area contributed by atoms with E-state index >= 15 is 0 Å². The Morgan fingerprint density at radius 1 is 1.00 bits per heavy atom. The summed E-state index contributed by atoms with van der Waals surface area (Å²) in [6.45, 7) is 2.86. The summed E-state index contributed by atoms with van der Waals surface area (Å²) in [6, 6.07) is 13.2. The van der Waals surface area contributed by atoms with Crippen molar-refractivity contribution in [2.24, 2.45) is 0 Å². The molecule has 1 aliphatic rings. The lowest BCUT2D eigenvalue weighted by atomic mass is 10.1. The van der Waals surface area contributed by atoms with Crippen LogP contribution < -0.4 is 9.64 Å². The minimum atomic E-state index is 0.0506. The van der Waals surface area contributed by atoms with E-state index in [4.69, 9.17) is 27.9 Å². The fourth-order valence-corrected chi connectivity index (χ4v) is 3.58. The molecule has 25 heavy (non-hydrogen) atoms. The molecular formula is C19H20Cl2N2O2. The van der Waals surface area contributed by atoms with Gasteiger partial charge >= 0.3 is 0 Å². The Morgan fingerprint density at radius 2 is 1.64 bits per heavy atom. The zero-order valence-corrected chi connectivity index (χ0v) is 15.6. The van der Waals surface area contributed by atoms with Gasteiger partial charge in [0.2, 0.25) is 5.91 Å². The van der Waals surface area contributed by atoms with Gasteiger partial charge in [-0.25, -0.2) is 0 Å². The van der Waals surface area contributed by atoms with Crippen molar-refractivity contribution in [3.8, 4) is 5.75 Å². The topological polar surface area (TPSA) is 32.8 Å². The molecule has 0 aromatic heterocycles. The van der Waals surface area contributed by atoms with Crippen molar-refractivity contribution in [1.29, 1.82) is 0 Å². The predicted octanol–water partition coefficient (Wildman–Crippen LogP) is 3.89. The third-order valence-corrected chi connectivity index (χ3v) is 5.16. The molecule has 0 unspecified atom stereocenters. The van der Waals surface area contributed by atoms with Crippen LogP contribution in [-0.2, 0) is 11.2 Å². The number of para-hydroxylation sites is 2. The number of hydrogen-bond donors (Lipinski definition) is 0. The Bertz CT molecular complexity index is 739. The van der Waals surface area contributed by atoms with Crippen molar-refractivity contribution in [1.82, 2.24) is 4.90 Å². The van der Waals surface area contributed by atoms with Crippen molar-refractivity contribution in [2.45, 2.75) is 6.42 Å². The maximum absolute atomic E-state index is 12.6. The van der Waals surface area contributed by atoms with Crippen LogP contribution in [0.25, 0.3) is 0 Å². The predicted molar refractivity (Wildman–Crippen MR) is 102 cm³/mol. The van der Waals surface area contributed by atoms with Crippen LogP contribution >= 0.6 is 23.2 Å². The first kappa shape index (κ1) is 17.9. The van der Waals surface area contributed by atoms with Crippen molar-refractivity contribution < 1.29 is 9.53 Å². The van der Waals surface area contributed by atoms with Crippen LogP contribution in [0.15, 0.2) is 42.5 Å². The standard InChI is InChI=1S/C19H20Cl2N2O2/c1-25-18-8-3-2-7-17(18)22-9-11-23(12-10-22)19(24)13-14-15(20)5-4-6-16(14)21/h2-8H,9-13H2,1H3. The lowest BCUT2D eigenvalue weighted by molar-refractivity contribution is -0.130. The number of benzene rings is 2. The Hall–Kier alpha value is -1.91. The van der Waals surface area contributed by atoms with Gasteiger partial charge in [0.1, 0.15) is 5.75 Å². The normalized spacial score (nSPS) is 14.5. The van der Waals surface area contributed by atoms with E-state index in [1.54, 1.807) is 25.3 Å². The summed E-state index contributed by atoms with van der Waals surface area (Å²) in [7, 11) is 1.67. The molecule has 132 valence electrons. The van der Waals surface area contributed by atoms with E-state index in [1.807, 2.05) is 29.2 Å². The van der Waals surface area contributed by atoms with Gasteiger partial charge in [-0.15, -0.1) is 0 Å². The van der Waals surface area contributed by atoms with Crippen molar-refractivity contribution in [3.05, 3.63) is 58.1 Å². The molecule has 0 N–H and O–H groups in total. The van der Waals surface area contributed by atoms with Gasteiger partial charge in [-0.3, -0.25) is 4.79 Å². The summed E-state index contributed by atoms with van der Waals surface area (Å²) < 4.78 is 5.43. The van der Waals surface area contributed by atoms with Gasteiger partial charge in [0.05, 0.1) is 19.2 Å². The van der Waals surface area contributed by atoms with Crippen LogP contribution in [0, 0.1) is 0 Å². The number of rotatable bonds is 4. The first-order valence-corrected chi connectivity index (χ1v) is 8.94. The molecule has 1 amide bonds. The largest absolute Gasteiger partial charge is 0.495 e. The average Bonchev–Trinajstić information content (AvgIpc) is 2.65. The monoisotopic (exact) mass is 378 g/mol. The number of amides is 1. The molecule has 0 radical (unpaired) electrons. The average molecular weight is 379 g/mol. The molecule has 0 spiro atoms. The van der Waals surface area contributed by atoms with Gasteiger partial charge in [-0.1, -0.05) is 41.4 Å². The van der Waals surface area contributed by atoms with Crippen LogP contribution in [-0.4, -0.2) is 44.1 Å². The van der Waals surface area contributed by atoms with E-state index in [1.165, 1.54) is 0 Å². The van der Waals surface area contributed by atoms with Crippen LogP contribution in [0.2, 0.25) is 10.0 Å². The number of ether oxygens (including phenoxy) is 1. The summed E-state index contributed by atoms with van der Waals surface area (Å²) in [5, 5.41) is 1.07. The lowest BCUT2D eigenvalue weighted by Gasteiger charge is -2.36. The number of methoxy groups -OCH3 is 1. The van der Waals surface area contributed by atoms with Gasteiger partial charge in [-0.2, -0.15) is 0 Å². The lowest BCUT2D eigenvalue weighted by Crippen LogP contribution is -2.49. The van der Waals surface area contributed by atoms with E-state index in [9.17, 15) is 4.79 Å². The molecule has 6 heteroatoms. The van der Waals surface area contributed by atoms with Gasteiger partial charge in [-0.05, 0) is 29.8 Å². The minimum Gasteiger partial charge on any atom is -0.495 e. The second-order valence-corrected chi connectivity index (χ2v) is 6.73. The molecule has 0 atom stereocenters. The number of nitrogens with zero attached hydrogens (tertiary/aromatic N) is 2. The highest BCUT2D eigenvalue weighted by atomic mass is 35.5. The Morgan fingerprint density at radius 3 is 2.28 bits per heavy atom. The van der Waals surface area contributed by atoms with Crippen molar-refractivity contribution in [3.63, 3.8) is 0 Å². The fourth-order valence-electron chi connectivity index (χ4n) is 3.05. The molecule has 0 aliphatic carbocycles. The van der Waals surface area contributed by atoms with Crippen molar-refractivity contribution in [2.75, 3.05) is 38.2 Å². The smallest absolute Gasteiger partial charge is 0.227 e. The molecule has 2 aromatic carbocycles. The molecule has 1 fully saturated rings. The summed E-state index contributed by atoms with van der Waals surface area (Å²) in [4.78, 5) is 16.7. The molecule has 4 nitrogen and oxygen atoms in total. The maximum Gasteiger partial charge on any atom is 0.227 e. The number of halogens is 2. The number of carbonyl (C=O) groups excluding carboxylic acids is 1. The van der Waals surface area contributed by atoms with E-state index < -0.39 is 0 Å². The number of carbonyl (C=O) groups is 1. The summed E-state index contributed by atoms with van der Waals surface area (Å²) in [6.07, 6.45) is 0.229. The zero-order valence-electron chi connectivity index (χ0n) is 14.0. The zero-order chi connectivity index (χ0) is 17.8. The van der Waals surface area contributed by atoms with Gasteiger partial charge in [0.15, 0.2) is 0 Å². The molecule has 1 heterocycles. The van der Waals surface area contributed by atoms with Gasteiger partial charge in [0.25, 0.3) is 0 Å². The second-order valence-electron chi connectivity index (χ2n) is 5.92. The Balaban J connectivity index is 1.63. The molecule has 1 aliphatic heterocycles. The SMILES string of the molecule is COc1ccccc1N1CCN(C(=O)Cc2c(Cl)cccc2Cl)CC1. The molecule has 1 saturated heterocycles. The summed E-state index contributed by atoms with van der Waals surface area (Å²) in [5.74, 6) is 0.903. The second kappa shape index (κ2) is 7.98. The van der Waals surface area contributed by atoms with Crippen LogP contribution in [0.4, 0.5) is 5.69 Å². The quantitative estimate of drug-likeness (QED) is 0.808. The minimum absolute atomic E-state index is 0.0506. The van der Waals surface area contributed by atoms with Gasteiger partial charge in [0, 0.05) is 36.2 Å². The molecular weight excluding hydrogens is 359 g/mol. The Kier molecular flexibility index (Phi) is 5.71. The highest BCUT2D eigenvalue weighted by Crippen LogP contribution is 2.29. The number of anilines is 1.